The third-order valence-electron chi connectivity index (χ3n) is 1.29. The van der Waals surface area contributed by atoms with Gasteiger partial charge in [-0.25, -0.2) is 4.99 Å². The third kappa shape index (κ3) is 5.56. The fourth-order valence-corrected chi connectivity index (χ4v) is 0.779. The molecule has 0 aromatic carbocycles. The van der Waals surface area contributed by atoms with Gasteiger partial charge in [0.25, 0.3) is 0 Å². The number of rotatable bonds is 3. The van der Waals surface area contributed by atoms with Crippen molar-refractivity contribution in [1.82, 2.24) is 0 Å². The zero-order chi connectivity index (χ0) is 10.3. The fraction of sp³-hybridized carbons (Fsp3) is 0.500. The molecule has 0 spiro atoms. The van der Waals surface area contributed by atoms with Crippen molar-refractivity contribution in [2.24, 2.45) is 27.2 Å². The summed E-state index contributed by atoms with van der Waals surface area (Å²) >= 11 is 0. The molecule has 1 atom stereocenters. The van der Waals surface area contributed by atoms with Gasteiger partial charge >= 0.3 is 0 Å². The van der Waals surface area contributed by atoms with Gasteiger partial charge in [-0.1, -0.05) is 19.3 Å². The number of terminal acetylenes is 1. The van der Waals surface area contributed by atoms with Crippen molar-refractivity contribution >= 4 is 11.9 Å². The van der Waals surface area contributed by atoms with Crippen molar-refractivity contribution in [3.05, 3.63) is 0 Å². The molecule has 0 aliphatic carbocycles. The smallest absolute Gasteiger partial charge is 0.219 e. The van der Waals surface area contributed by atoms with Gasteiger partial charge in [-0.2, -0.15) is 4.99 Å². The Balaban J connectivity index is 4.35. The van der Waals surface area contributed by atoms with E-state index >= 15 is 0 Å². The summed E-state index contributed by atoms with van der Waals surface area (Å²) in [5.74, 6) is 2.40. The van der Waals surface area contributed by atoms with Gasteiger partial charge in [0.2, 0.25) is 5.96 Å². The predicted molar refractivity (Wildman–Crippen MR) is 55.0 cm³/mol. The van der Waals surface area contributed by atoms with Crippen LogP contribution >= 0.6 is 0 Å². The predicted octanol–water partition coefficient (Wildman–Crippen LogP) is -0.624. The van der Waals surface area contributed by atoms with E-state index in [1.807, 2.05) is 6.92 Å². The molecular weight excluding hydrogens is 166 g/mol. The molecule has 1 unspecified atom stereocenters. The van der Waals surface area contributed by atoms with E-state index in [-0.39, 0.29) is 18.0 Å². The van der Waals surface area contributed by atoms with Crippen LogP contribution in [0, 0.1) is 12.3 Å². The van der Waals surface area contributed by atoms with Gasteiger partial charge in [-0.05, 0) is 6.42 Å². The highest BCUT2D eigenvalue weighted by molar-refractivity contribution is 5.92. The Morgan fingerprint density at radius 3 is 2.46 bits per heavy atom. The molecule has 0 saturated heterocycles. The summed E-state index contributed by atoms with van der Waals surface area (Å²) in [6.45, 7) is 2.01. The molecule has 0 radical (unpaired) electrons. The summed E-state index contributed by atoms with van der Waals surface area (Å²) in [6, 6.07) is -0.243. The molecule has 5 nitrogen and oxygen atoms in total. The van der Waals surface area contributed by atoms with Crippen LogP contribution in [0.15, 0.2) is 9.98 Å². The van der Waals surface area contributed by atoms with Crippen molar-refractivity contribution in [2.75, 3.05) is 0 Å². The molecule has 0 rings (SSSR count). The van der Waals surface area contributed by atoms with Crippen LogP contribution < -0.4 is 17.2 Å². The Hall–Kier alpha value is -1.70. The van der Waals surface area contributed by atoms with Crippen molar-refractivity contribution in [2.45, 2.75) is 25.8 Å². The minimum atomic E-state index is -0.243. The van der Waals surface area contributed by atoms with E-state index in [9.17, 15) is 0 Å². The minimum absolute atomic E-state index is 0.0244. The van der Waals surface area contributed by atoms with E-state index in [0.717, 1.165) is 12.8 Å². The van der Waals surface area contributed by atoms with E-state index in [2.05, 4.69) is 15.9 Å². The first-order valence-electron chi connectivity index (χ1n) is 3.99. The van der Waals surface area contributed by atoms with Crippen molar-refractivity contribution in [3.8, 4) is 12.3 Å². The van der Waals surface area contributed by atoms with E-state index < -0.39 is 0 Å². The standard InChI is InChI=1S/C8H15N5/c1-3-5-6(4-2)12-8(11)13-7(9)10/h2,6H,3,5H2,1H3,(H6,9,10,11,12,13). The Labute approximate surface area is 78.1 Å². The maximum atomic E-state index is 5.39. The highest BCUT2D eigenvalue weighted by Gasteiger charge is 2.00. The number of aliphatic imine (C=N–C) groups is 2. The largest absolute Gasteiger partial charge is 0.370 e. The second-order valence-corrected chi connectivity index (χ2v) is 2.50. The lowest BCUT2D eigenvalue weighted by Crippen LogP contribution is -2.27. The van der Waals surface area contributed by atoms with E-state index in [1.165, 1.54) is 0 Å². The van der Waals surface area contributed by atoms with Crippen molar-refractivity contribution in [3.63, 3.8) is 0 Å². The lowest BCUT2D eigenvalue weighted by molar-refractivity contribution is 0.721. The summed E-state index contributed by atoms with van der Waals surface area (Å²) in [5.41, 5.74) is 15.6. The van der Waals surface area contributed by atoms with Crippen molar-refractivity contribution < 1.29 is 0 Å². The van der Waals surface area contributed by atoms with Crippen LogP contribution in [0.25, 0.3) is 0 Å². The number of nitrogens with zero attached hydrogens (tertiary/aromatic N) is 2. The number of nitrogens with two attached hydrogens (primary N) is 3. The van der Waals surface area contributed by atoms with Gasteiger partial charge in [0.05, 0.1) is 0 Å². The molecule has 72 valence electrons. The third-order valence-corrected chi connectivity index (χ3v) is 1.29. The molecule has 0 heterocycles. The second kappa shape index (κ2) is 5.89. The van der Waals surface area contributed by atoms with Crippen LogP contribution in [-0.2, 0) is 0 Å². The molecule has 13 heavy (non-hydrogen) atoms. The zero-order valence-electron chi connectivity index (χ0n) is 7.70. The summed E-state index contributed by atoms with van der Waals surface area (Å²) in [4.78, 5) is 7.49. The monoisotopic (exact) mass is 181 g/mol. The number of hydrogen-bond acceptors (Lipinski definition) is 1. The topological polar surface area (TPSA) is 103 Å². The maximum absolute atomic E-state index is 5.39. The molecule has 0 aromatic rings. The normalized spacial score (nSPS) is 13.1. The Morgan fingerprint density at radius 1 is 1.46 bits per heavy atom. The van der Waals surface area contributed by atoms with Gasteiger partial charge < -0.3 is 17.2 Å². The molecule has 0 aromatic heterocycles. The van der Waals surface area contributed by atoms with E-state index in [0.29, 0.717) is 0 Å². The van der Waals surface area contributed by atoms with Crippen LogP contribution in [0.1, 0.15) is 19.8 Å². The first kappa shape index (κ1) is 11.3. The van der Waals surface area contributed by atoms with Crippen molar-refractivity contribution in [1.29, 1.82) is 0 Å². The van der Waals surface area contributed by atoms with Crippen LogP contribution in [0.2, 0.25) is 0 Å². The van der Waals surface area contributed by atoms with Crippen LogP contribution in [0.4, 0.5) is 0 Å². The number of guanidine groups is 2. The zero-order valence-corrected chi connectivity index (χ0v) is 7.70. The van der Waals surface area contributed by atoms with Gasteiger partial charge in [-0.3, -0.25) is 0 Å². The molecule has 0 aliphatic rings. The minimum Gasteiger partial charge on any atom is -0.370 e. The highest BCUT2D eigenvalue weighted by Crippen LogP contribution is 1.99. The van der Waals surface area contributed by atoms with Gasteiger partial charge in [0, 0.05) is 0 Å². The quantitative estimate of drug-likeness (QED) is 0.307. The summed E-state index contributed by atoms with van der Waals surface area (Å²) in [7, 11) is 0. The summed E-state index contributed by atoms with van der Waals surface area (Å²) < 4.78 is 0. The second-order valence-electron chi connectivity index (χ2n) is 2.50. The molecule has 5 heteroatoms. The van der Waals surface area contributed by atoms with Gasteiger partial charge in [-0.15, -0.1) is 6.42 Å². The Kier molecular flexibility index (Phi) is 5.12. The van der Waals surface area contributed by atoms with E-state index in [1.54, 1.807) is 0 Å². The lowest BCUT2D eigenvalue weighted by atomic mass is 10.2. The summed E-state index contributed by atoms with van der Waals surface area (Å²) in [5, 5.41) is 0. The van der Waals surface area contributed by atoms with Crippen LogP contribution in [-0.4, -0.2) is 18.0 Å². The maximum Gasteiger partial charge on any atom is 0.219 e. The fourth-order valence-electron chi connectivity index (χ4n) is 0.779. The molecule has 0 bridgehead atoms. The summed E-state index contributed by atoms with van der Waals surface area (Å²) in [6.07, 6.45) is 6.93. The first-order valence-corrected chi connectivity index (χ1v) is 3.99. The molecule has 0 aliphatic heterocycles. The highest BCUT2D eigenvalue weighted by atomic mass is 15.1. The molecule has 0 fully saturated rings. The Morgan fingerprint density at radius 2 is 2.08 bits per heavy atom. The van der Waals surface area contributed by atoms with Gasteiger partial charge in [0.1, 0.15) is 6.04 Å². The van der Waals surface area contributed by atoms with E-state index in [4.69, 9.17) is 23.6 Å². The Bertz CT molecular complexity index is 244. The number of hydrogen-bond donors (Lipinski definition) is 3. The molecule has 0 amide bonds. The SMILES string of the molecule is C#CC(CCC)N=C(N)N=C(N)N. The molecular formula is C8H15N5. The molecule has 0 saturated carbocycles. The van der Waals surface area contributed by atoms with Gasteiger partial charge in [0.15, 0.2) is 5.96 Å². The first-order chi connectivity index (χ1) is 6.10. The average Bonchev–Trinajstić information content (AvgIpc) is 2.02. The van der Waals surface area contributed by atoms with Crippen LogP contribution in [0.5, 0.6) is 0 Å². The lowest BCUT2D eigenvalue weighted by Gasteiger charge is -2.02. The molecule has 6 N–H and O–H groups in total. The van der Waals surface area contributed by atoms with Crippen LogP contribution in [0.3, 0.4) is 0 Å². The average molecular weight is 181 g/mol.